The van der Waals surface area contributed by atoms with Gasteiger partial charge in [-0.3, -0.25) is 0 Å². The van der Waals surface area contributed by atoms with Gasteiger partial charge >= 0.3 is 5.97 Å². The molecule has 49 heavy (non-hydrogen) atoms. The third-order valence-corrected chi connectivity index (χ3v) is 8.81. The fourth-order valence-corrected chi connectivity index (χ4v) is 6.30. The molecule has 0 amide bonds. The van der Waals surface area contributed by atoms with Gasteiger partial charge in [0.25, 0.3) is 0 Å². The summed E-state index contributed by atoms with van der Waals surface area (Å²) in [5.41, 5.74) is 4.79. The first-order chi connectivity index (χ1) is 23.4. The molecule has 9 nitrogen and oxygen atoms in total. The van der Waals surface area contributed by atoms with Gasteiger partial charge in [0.2, 0.25) is 0 Å². The number of ether oxygens (including phenoxy) is 4. The largest absolute Gasteiger partial charge is 0.490 e. The van der Waals surface area contributed by atoms with Crippen molar-refractivity contribution in [2.24, 2.45) is 0 Å². The number of methoxy groups -OCH3 is 1. The summed E-state index contributed by atoms with van der Waals surface area (Å²) >= 11 is 0. The minimum atomic E-state index is -1.00. The monoisotopic (exact) mass is 666 g/mol. The number of carbonyl (C=O) groups excluding carboxylic acids is 1. The number of piperidine rings is 1. The second kappa shape index (κ2) is 15.0. The maximum Gasteiger partial charge on any atom is 0.339 e. The van der Waals surface area contributed by atoms with Gasteiger partial charge in [0.15, 0.2) is 11.8 Å². The Kier molecular flexibility index (Phi) is 10.9. The number of aryl methyl sites for hydroxylation is 1. The molecule has 0 bridgehead atoms. The SMILES string of the molecule is C=CCOC1(C)CCN(c2c(C(OC(C)(C)C)C(=O)OC)c(C)nc3cc(-c4cccc(-c5ccccc5OC(C)CC=C)c4)nn23)CC1. The van der Waals surface area contributed by atoms with Gasteiger partial charge in [0.05, 0.1) is 42.3 Å². The Balaban J connectivity index is 1.63. The summed E-state index contributed by atoms with van der Waals surface area (Å²) in [7, 11) is 1.38. The summed E-state index contributed by atoms with van der Waals surface area (Å²) in [6.45, 7) is 21.4. The summed E-state index contributed by atoms with van der Waals surface area (Å²) in [5.74, 6) is 1.10. The zero-order valence-corrected chi connectivity index (χ0v) is 30.0. The second-order valence-electron chi connectivity index (χ2n) is 13.9. The predicted octanol–water partition coefficient (Wildman–Crippen LogP) is 8.31. The van der Waals surface area contributed by atoms with Crippen molar-refractivity contribution >= 4 is 17.4 Å². The van der Waals surface area contributed by atoms with Gasteiger partial charge < -0.3 is 23.8 Å². The van der Waals surface area contributed by atoms with E-state index in [0.717, 1.165) is 53.2 Å². The van der Waals surface area contributed by atoms with Gasteiger partial charge in [-0.15, -0.1) is 13.2 Å². The Bertz CT molecular complexity index is 1800. The van der Waals surface area contributed by atoms with Crippen molar-refractivity contribution in [1.29, 1.82) is 0 Å². The van der Waals surface area contributed by atoms with Crippen LogP contribution in [-0.4, -0.2) is 64.7 Å². The summed E-state index contributed by atoms with van der Waals surface area (Å²) in [5, 5.41) is 5.16. The molecule has 2 atom stereocenters. The number of hydrogen-bond donors (Lipinski definition) is 0. The Hall–Kier alpha value is -4.47. The van der Waals surface area contributed by atoms with E-state index in [1.807, 2.05) is 81.6 Å². The Labute approximate surface area is 290 Å². The maximum atomic E-state index is 13.4. The molecular formula is C40H50N4O5. The van der Waals surface area contributed by atoms with Crippen LogP contribution in [0.1, 0.15) is 71.2 Å². The minimum Gasteiger partial charge on any atom is -0.490 e. The first-order valence-electron chi connectivity index (χ1n) is 17.0. The molecule has 0 saturated carbocycles. The highest BCUT2D eigenvalue weighted by Gasteiger charge is 2.38. The van der Waals surface area contributed by atoms with E-state index in [0.29, 0.717) is 36.6 Å². The van der Waals surface area contributed by atoms with Gasteiger partial charge in [-0.25, -0.2) is 9.78 Å². The van der Waals surface area contributed by atoms with Crippen LogP contribution in [0.4, 0.5) is 5.82 Å². The van der Waals surface area contributed by atoms with Crippen molar-refractivity contribution < 1.29 is 23.7 Å². The van der Waals surface area contributed by atoms with Gasteiger partial charge in [0, 0.05) is 42.4 Å². The Morgan fingerprint density at radius 2 is 1.76 bits per heavy atom. The highest BCUT2D eigenvalue weighted by molar-refractivity contribution is 5.81. The van der Waals surface area contributed by atoms with E-state index in [1.165, 1.54) is 7.11 Å². The summed E-state index contributed by atoms with van der Waals surface area (Å²) in [4.78, 5) is 20.6. The average Bonchev–Trinajstić information content (AvgIpc) is 3.50. The molecule has 2 aromatic carbocycles. The van der Waals surface area contributed by atoms with Gasteiger partial charge in [-0.05, 0) is 72.1 Å². The number of hydrogen-bond acceptors (Lipinski definition) is 8. The van der Waals surface area contributed by atoms with Crippen LogP contribution in [0.25, 0.3) is 28.0 Å². The smallest absolute Gasteiger partial charge is 0.339 e. The standard InChI is InChI=1S/C40H50N4O5/c1-10-15-27(3)48-33-19-13-12-18-31(33)29-16-14-17-30(25-29)32-26-34-41-28(4)35(36(38(45)46-9)49-39(5,6)7)37(44(34)42-32)43-22-20-40(8,21-23-43)47-24-11-2/h10-14,16-19,25-27,36H,1-2,15,20-24H2,3-9H3. The maximum absolute atomic E-state index is 13.4. The number of esters is 1. The number of rotatable bonds is 13. The number of nitrogens with zero attached hydrogens (tertiary/aromatic N) is 4. The lowest BCUT2D eigenvalue weighted by atomic mass is 9.92. The molecule has 260 valence electrons. The lowest BCUT2D eigenvalue weighted by molar-refractivity contribution is -0.164. The van der Waals surface area contributed by atoms with Crippen molar-refractivity contribution in [3.63, 3.8) is 0 Å². The minimum absolute atomic E-state index is 0.000477. The Morgan fingerprint density at radius 1 is 1.04 bits per heavy atom. The number of anilines is 1. The molecule has 4 aromatic rings. The molecule has 1 fully saturated rings. The number of aromatic nitrogens is 3. The molecule has 1 aliphatic rings. The highest BCUT2D eigenvalue weighted by Crippen LogP contribution is 2.39. The topological polar surface area (TPSA) is 87.4 Å². The molecule has 5 rings (SSSR count). The van der Waals surface area contributed by atoms with Crippen LogP contribution in [0.2, 0.25) is 0 Å². The molecule has 0 radical (unpaired) electrons. The fourth-order valence-electron chi connectivity index (χ4n) is 6.30. The molecule has 1 aliphatic heterocycles. The van der Waals surface area contributed by atoms with E-state index in [1.54, 1.807) is 6.08 Å². The van der Waals surface area contributed by atoms with Crippen LogP contribution < -0.4 is 9.64 Å². The first-order valence-corrected chi connectivity index (χ1v) is 17.0. The normalized spacial score (nSPS) is 15.9. The quantitative estimate of drug-likeness (QED) is 0.104. The molecule has 2 unspecified atom stereocenters. The number of benzene rings is 2. The Morgan fingerprint density at radius 3 is 2.43 bits per heavy atom. The van der Waals surface area contributed by atoms with Crippen LogP contribution in [0, 0.1) is 6.92 Å². The first kappa shape index (κ1) is 35.8. The van der Waals surface area contributed by atoms with E-state index >= 15 is 0 Å². The van der Waals surface area contributed by atoms with Crippen molar-refractivity contribution in [2.45, 2.75) is 84.2 Å². The molecule has 3 heterocycles. The zero-order chi connectivity index (χ0) is 35.3. The van der Waals surface area contributed by atoms with Crippen LogP contribution in [-0.2, 0) is 19.0 Å². The van der Waals surface area contributed by atoms with Gasteiger partial charge in [0.1, 0.15) is 11.6 Å². The molecule has 1 saturated heterocycles. The van der Waals surface area contributed by atoms with Gasteiger partial charge in [-0.1, -0.05) is 48.6 Å². The second-order valence-corrected chi connectivity index (χ2v) is 13.9. The fraction of sp³-hybridized carbons (Fsp3) is 0.425. The van der Waals surface area contributed by atoms with E-state index < -0.39 is 17.7 Å². The lowest BCUT2D eigenvalue weighted by Gasteiger charge is -2.41. The van der Waals surface area contributed by atoms with Crippen LogP contribution in [0.15, 0.2) is 79.9 Å². The highest BCUT2D eigenvalue weighted by atomic mass is 16.6. The number of para-hydroxylation sites is 1. The number of fused-ring (bicyclic) bond motifs is 1. The molecule has 0 N–H and O–H groups in total. The van der Waals surface area contributed by atoms with Crippen molar-refractivity contribution in [2.75, 3.05) is 31.7 Å². The molecule has 0 aliphatic carbocycles. The van der Waals surface area contributed by atoms with Crippen LogP contribution >= 0.6 is 0 Å². The third kappa shape index (κ3) is 8.23. The third-order valence-electron chi connectivity index (χ3n) is 8.81. The molecule has 9 heteroatoms. The van der Waals surface area contributed by atoms with Crippen molar-refractivity contribution in [3.05, 3.63) is 91.2 Å². The average molecular weight is 667 g/mol. The van der Waals surface area contributed by atoms with E-state index in [-0.39, 0.29) is 11.7 Å². The summed E-state index contributed by atoms with van der Waals surface area (Å²) in [6, 6.07) is 18.3. The molecule has 0 spiro atoms. The number of carbonyl (C=O) groups is 1. The summed E-state index contributed by atoms with van der Waals surface area (Å²) in [6.07, 6.45) is 4.98. The van der Waals surface area contributed by atoms with Crippen molar-refractivity contribution in [3.8, 4) is 28.1 Å². The lowest BCUT2D eigenvalue weighted by Crippen LogP contribution is -2.45. The van der Waals surface area contributed by atoms with Crippen LogP contribution in [0.5, 0.6) is 5.75 Å². The predicted molar refractivity (Wildman–Crippen MR) is 195 cm³/mol. The summed E-state index contributed by atoms with van der Waals surface area (Å²) < 4.78 is 26.0. The van der Waals surface area contributed by atoms with Crippen LogP contribution in [0.3, 0.4) is 0 Å². The molecular weight excluding hydrogens is 616 g/mol. The molecule has 2 aromatic heterocycles. The van der Waals surface area contributed by atoms with Crippen molar-refractivity contribution in [1.82, 2.24) is 14.6 Å². The zero-order valence-electron chi connectivity index (χ0n) is 30.0. The van der Waals surface area contributed by atoms with E-state index in [2.05, 4.69) is 43.2 Å². The van der Waals surface area contributed by atoms with E-state index in [4.69, 9.17) is 29.0 Å². The van der Waals surface area contributed by atoms with E-state index in [9.17, 15) is 4.79 Å². The van der Waals surface area contributed by atoms with Gasteiger partial charge in [-0.2, -0.15) is 9.61 Å².